The molecule has 5 rings (SSSR count). The normalized spacial score (nSPS) is 17.3. The molecular weight excluding hydrogens is 595 g/mol. The number of hydrogen-bond donors (Lipinski definition) is 1. The summed E-state index contributed by atoms with van der Waals surface area (Å²) in [5, 5.41) is 4.40. The quantitative estimate of drug-likeness (QED) is 0.373. The fourth-order valence-electron chi connectivity index (χ4n) is 6.03. The lowest BCUT2D eigenvalue weighted by molar-refractivity contribution is -0.202. The van der Waals surface area contributed by atoms with Crippen molar-refractivity contribution in [1.82, 2.24) is 14.8 Å². The van der Waals surface area contributed by atoms with Crippen molar-refractivity contribution in [3.63, 3.8) is 0 Å². The van der Waals surface area contributed by atoms with Crippen molar-refractivity contribution in [2.75, 3.05) is 43.3 Å². The Morgan fingerprint density at radius 1 is 1.02 bits per heavy atom. The minimum Gasteiger partial charge on any atom is -0.465 e. The molecule has 0 spiro atoms. The number of aromatic nitrogens is 1. The van der Waals surface area contributed by atoms with Crippen LogP contribution in [0.25, 0.3) is 10.9 Å². The van der Waals surface area contributed by atoms with Crippen molar-refractivity contribution >= 4 is 46.0 Å². The van der Waals surface area contributed by atoms with E-state index in [-0.39, 0.29) is 41.0 Å². The highest BCUT2D eigenvalue weighted by Crippen LogP contribution is 2.46. The van der Waals surface area contributed by atoms with E-state index >= 15 is 0 Å². The molecule has 0 saturated carbocycles. The third kappa shape index (κ3) is 6.06. The summed E-state index contributed by atoms with van der Waals surface area (Å²) in [5.41, 5.74) is 0.985. The smallest absolute Gasteiger partial charge is 0.465 e. The number of methoxy groups -OCH3 is 1. The van der Waals surface area contributed by atoms with Crippen molar-refractivity contribution in [1.29, 1.82) is 0 Å². The largest absolute Gasteiger partial charge is 0.493 e. The van der Waals surface area contributed by atoms with E-state index < -0.39 is 30.1 Å². The summed E-state index contributed by atoms with van der Waals surface area (Å²) in [6.45, 7) is 5.77. The zero-order chi connectivity index (χ0) is 32.5. The fraction of sp³-hybridized carbons (Fsp3) is 0.419. The number of nitrogens with zero attached hydrogens (tertiary/aromatic N) is 4. The molecule has 2 aromatic carbocycles. The number of rotatable bonds is 8. The van der Waals surface area contributed by atoms with E-state index in [1.807, 2.05) is 13.8 Å². The summed E-state index contributed by atoms with van der Waals surface area (Å²) in [7, 11) is 1.19. The number of hydrogen-bond acceptors (Lipinski definition) is 8. The number of carbonyl (C=O) groups excluding carboxylic acids is 4. The number of piperidine rings is 1. The summed E-state index contributed by atoms with van der Waals surface area (Å²) >= 11 is 0. The Kier molecular flexibility index (Phi) is 9.05. The predicted octanol–water partition coefficient (Wildman–Crippen LogP) is 3.96. The standard InChI is InChI=1S/C31H34F3N5O6/c1-4-36(5-2)26(40)18-37-17-22(21-8-6-7-9-23(21)37)27-28(41)38(20-12-14-35-15-13-20)25-16-19(29(42)44-3)10-11-24(25)39(27)45-30(43)31(32,33)34/h6-11,16-17,20,27,35H,4-5,12-15,18H2,1-3H3. The third-order valence-corrected chi connectivity index (χ3v) is 8.22. The van der Waals surface area contributed by atoms with Gasteiger partial charge in [-0.2, -0.15) is 18.2 Å². The summed E-state index contributed by atoms with van der Waals surface area (Å²) in [6.07, 6.45) is -2.75. The molecule has 0 aliphatic carbocycles. The predicted molar refractivity (Wildman–Crippen MR) is 158 cm³/mol. The second kappa shape index (κ2) is 12.8. The first kappa shape index (κ1) is 31.8. The zero-order valence-corrected chi connectivity index (χ0v) is 25.1. The van der Waals surface area contributed by atoms with Gasteiger partial charge in [-0.25, -0.2) is 9.59 Å². The van der Waals surface area contributed by atoms with Gasteiger partial charge >= 0.3 is 18.1 Å². The van der Waals surface area contributed by atoms with Gasteiger partial charge in [-0.3, -0.25) is 9.59 Å². The number of ether oxygens (including phenoxy) is 1. The van der Waals surface area contributed by atoms with Crippen LogP contribution in [0.1, 0.15) is 48.7 Å². The molecule has 14 heteroatoms. The van der Waals surface area contributed by atoms with Crippen molar-refractivity contribution < 1.29 is 41.9 Å². The second-order valence-electron chi connectivity index (χ2n) is 10.8. The lowest BCUT2D eigenvalue weighted by atomic mass is 9.95. The molecule has 1 N–H and O–H groups in total. The number of nitrogens with one attached hydrogen (secondary N) is 1. The summed E-state index contributed by atoms with van der Waals surface area (Å²) in [4.78, 5) is 60.7. The highest BCUT2D eigenvalue weighted by molar-refractivity contribution is 6.09. The van der Waals surface area contributed by atoms with Crippen LogP contribution in [0.5, 0.6) is 0 Å². The summed E-state index contributed by atoms with van der Waals surface area (Å²) < 4.78 is 47.4. The van der Waals surface area contributed by atoms with Crippen molar-refractivity contribution in [3.8, 4) is 0 Å². The van der Waals surface area contributed by atoms with Gasteiger partial charge in [-0.1, -0.05) is 18.2 Å². The van der Waals surface area contributed by atoms with Gasteiger partial charge < -0.3 is 29.3 Å². The first-order valence-electron chi connectivity index (χ1n) is 14.7. The van der Waals surface area contributed by atoms with E-state index in [9.17, 15) is 32.3 Å². The molecular formula is C31H34F3N5O6. The number of amides is 2. The van der Waals surface area contributed by atoms with Gasteiger partial charge in [0.1, 0.15) is 12.2 Å². The van der Waals surface area contributed by atoms with Crippen LogP contribution in [0.3, 0.4) is 0 Å². The topological polar surface area (TPSA) is 113 Å². The second-order valence-corrected chi connectivity index (χ2v) is 10.8. The molecule has 2 amide bonds. The van der Waals surface area contributed by atoms with Gasteiger partial charge in [-0.15, -0.1) is 0 Å². The molecule has 3 heterocycles. The van der Waals surface area contributed by atoms with Crippen LogP contribution in [0.15, 0.2) is 48.7 Å². The molecule has 1 atom stereocenters. The van der Waals surface area contributed by atoms with E-state index in [0.717, 1.165) is 0 Å². The number of para-hydroxylation sites is 1. The van der Waals surface area contributed by atoms with Gasteiger partial charge in [0.25, 0.3) is 5.91 Å². The lowest BCUT2D eigenvalue weighted by Gasteiger charge is -2.45. The molecule has 240 valence electrons. The van der Waals surface area contributed by atoms with Gasteiger partial charge in [0, 0.05) is 41.8 Å². The maximum Gasteiger partial charge on any atom is 0.493 e. The Morgan fingerprint density at radius 3 is 2.36 bits per heavy atom. The monoisotopic (exact) mass is 629 g/mol. The number of halogens is 3. The van der Waals surface area contributed by atoms with Crippen LogP contribution in [0.4, 0.5) is 24.5 Å². The van der Waals surface area contributed by atoms with Crippen LogP contribution in [-0.2, 0) is 30.5 Å². The Balaban J connectivity index is 1.72. The third-order valence-electron chi connectivity index (χ3n) is 8.22. The van der Waals surface area contributed by atoms with Gasteiger partial charge in [0.15, 0.2) is 6.04 Å². The van der Waals surface area contributed by atoms with Crippen molar-refractivity contribution in [3.05, 3.63) is 59.8 Å². The molecule has 2 aliphatic heterocycles. The molecule has 1 aromatic heterocycles. The molecule has 0 bridgehead atoms. The van der Waals surface area contributed by atoms with E-state index in [1.54, 1.807) is 39.9 Å². The highest BCUT2D eigenvalue weighted by Gasteiger charge is 2.49. The summed E-state index contributed by atoms with van der Waals surface area (Å²) in [5.74, 6) is -4.06. The average molecular weight is 630 g/mol. The molecule has 3 aromatic rings. The number of fused-ring (bicyclic) bond motifs is 2. The minimum absolute atomic E-state index is 0.0144. The van der Waals surface area contributed by atoms with Crippen LogP contribution >= 0.6 is 0 Å². The van der Waals surface area contributed by atoms with E-state index in [0.29, 0.717) is 55.0 Å². The Bertz CT molecular complexity index is 1610. The SMILES string of the molecule is CCN(CC)C(=O)Cn1cc(C2C(=O)N(C3CCNCC3)c3cc(C(=O)OC)ccc3N2OC(=O)C(F)(F)F)c2ccccc21. The van der Waals surface area contributed by atoms with E-state index in [2.05, 4.69) is 5.32 Å². The molecule has 1 fully saturated rings. The number of anilines is 2. The van der Waals surface area contributed by atoms with Gasteiger partial charge in [0.05, 0.1) is 18.4 Å². The maximum atomic E-state index is 14.6. The first-order valence-corrected chi connectivity index (χ1v) is 14.7. The Hall–Kier alpha value is -4.59. The van der Waals surface area contributed by atoms with Crippen LogP contribution in [0, 0.1) is 0 Å². The number of benzene rings is 2. The van der Waals surface area contributed by atoms with Crippen LogP contribution in [0.2, 0.25) is 0 Å². The molecule has 45 heavy (non-hydrogen) atoms. The number of hydroxylamine groups is 1. The van der Waals surface area contributed by atoms with Crippen molar-refractivity contribution in [2.45, 2.75) is 51.5 Å². The van der Waals surface area contributed by atoms with Gasteiger partial charge in [0.2, 0.25) is 5.91 Å². The molecule has 2 aliphatic rings. The van der Waals surface area contributed by atoms with Crippen LogP contribution in [-0.4, -0.2) is 78.7 Å². The number of carbonyl (C=O) groups is 4. The van der Waals surface area contributed by atoms with Gasteiger partial charge in [-0.05, 0) is 64.0 Å². The number of likely N-dealkylation sites (N-methyl/N-ethyl adjacent to an activating group) is 1. The zero-order valence-electron chi connectivity index (χ0n) is 25.1. The minimum atomic E-state index is -5.37. The Labute approximate surface area is 257 Å². The average Bonchev–Trinajstić information content (AvgIpc) is 3.38. The summed E-state index contributed by atoms with van der Waals surface area (Å²) in [6, 6.07) is 9.02. The molecule has 1 unspecified atom stereocenters. The highest BCUT2D eigenvalue weighted by atomic mass is 19.4. The first-order chi connectivity index (χ1) is 21.5. The fourth-order valence-corrected chi connectivity index (χ4v) is 6.03. The molecule has 11 nitrogen and oxygen atoms in total. The van der Waals surface area contributed by atoms with E-state index in [4.69, 9.17) is 9.57 Å². The Morgan fingerprint density at radius 2 is 1.71 bits per heavy atom. The molecule has 0 radical (unpaired) electrons. The number of alkyl halides is 3. The maximum absolute atomic E-state index is 14.6. The molecule has 1 saturated heterocycles. The number of esters is 1. The lowest BCUT2D eigenvalue weighted by Crippen LogP contribution is -2.55. The van der Waals surface area contributed by atoms with Crippen molar-refractivity contribution in [2.24, 2.45) is 0 Å². The van der Waals surface area contributed by atoms with Crippen LogP contribution < -0.4 is 15.3 Å². The van der Waals surface area contributed by atoms with E-state index in [1.165, 1.54) is 30.2 Å².